The maximum atomic E-state index is 12.4. The smallest absolute Gasteiger partial charge is 0.271 e. The van der Waals surface area contributed by atoms with E-state index in [9.17, 15) is 13.2 Å². The second-order valence-corrected chi connectivity index (χ2v) is 6.85. The van der Waals surface area contributed by atoms with Gasteiger partial charge in [0.25, 0.3) is 15.9 Å². The van der Waals surface area contributed by atoms with E-state index in [1.54, 1.807) is 32.1 Å². The Labute approximate surface area is 134 Å². The van der Waals surface area contributed by atoms with Crippen LogP contribution >= 0.6 is 0 Å². The van der Waals surface area contributed by atoms with Gasteiger partial charge in [-0.1, -0.05) is 24.8 Å². The summed E-state index contributed by atoms with van der Waals surface area (Å²) in [6.07, 6.45) is 2.87. The number of aromatic nitrogens is 2. The fourth-order valence-corrected chi connectivity index (χ4v) is 2.91. The van der Waals surface area contributed by atoms with E-state index in [0.717, 1.165) is 5.56 Å². The van der Waals surface area contributed by atoms with Crippen LogP contribution in [0.5, 0.6) is 0 Å². The van der Waals surface area contributed by atoms with Crippen molar-refractivity contribution in [2.75, 3.05) is 4.72 Å². The lowest BCUT2D eigenvalue weighted by Crippen LogP contribution is -2.31. The van der Waals surface area contributed by atoms with Crippen molar-refractivity contribution in [3.05, 3.63) is 48.3 Å². The third-order valence-electron chi connectivity index (χ3n) is 2.96. The molecule has 0 atom stereocenters. The molecule has 1 amide bonds. The van der Waals surface area contributed by atoms with Crippen LogP contribution < -0.4 is 10.0 Å². The van der Waals surface area contributed by atoms with Gasteiger partial charge in [0, 0.05) is 6.04 Å². The SMILES string of the molecule is C=Cc1ccc(S(=O)(=O)Nc2cn[nH]c2C(=O)NC(C)C)cc1. The highest BCUT2D eigenvalue weighted by Crippen LogP contribution is 2.19. The molecular weight excluding hydrogens is 316 g/mol. The van der Waals surface area contributed by atoms with Crippen LogP contribution in [0.2, 0.25) is 0 Å². The van der Waals surface area contributed by atoms with Gasteiger partial charge in [0.05, 0.1) is 16.8 Å². The van der Waals surface area contributed by atoms with Gasteiger partial charge in [-0.2, -0.15) is 5.10 Å². The van der Waals surface area contributed by atoms with Crippen LogP contribution in [0.25, 0.3) is 6.08 Å². The minimum atomic E-state index is -3.82. The zero-order valence-electron chi connectivity index (χ0n) is 12.8. The van der Waals surface area contributed by atoms with E-state index in [1.807, 2.05) is 0 Å². The molecule has 3 N–H and O–H groups in total. The number of hydrogen-bond acceptors (Lipinski definition) is 4. The minimum Gasteiger partial charge on any atom is -0.348 e. The van der Waals surface area contributed by atoms with Gasteiger partial charge in [-0.15, -0.1) is 0 Å². The topological polar surface area (TPSA) is 104 Å². The molecule has 2 rings (SSSR count). The average Bonchev–Trinajstić information content (AvgIpc) is 2.94. The first-order valence-corrected chi connectivity index (χ1v) is 8.41. The van der Waals surface area contributed by atoms with Crippen LogP contribution in [-0.2, 0) is 10.0 Å². The largest absolute Gasteiger partial charge is 0.348 e. The third kappa shape index (κ3) is 3.98. The molecule has 0 aliphatic rings. The summed E-state index contributed by atoms with van der Waals surface area (Å²) in [5, 5.41) is 8.90. The number of H-pyrrole nitrogens is 1. The molecule has 0 saturated carbocycles. The van der Waals surface area contributed by atoms with Crippen LogP contribution in [0.3, 0.4) is 0 Å². The number of anilines is 1. The molecule has 0 saturated heterocycles. The molecule has 122 valence electrons. The van der Waals surface area contributed by atoms with Crippen molar-refractivity contribution in [3.8, 4) is 0 Å². The van der Waals surface area contributed by atoms with E-state index in [-0.39, 0.29) is 22.3 Å². The summed E-state index contributed by atoms with van der Waals surface area (Å²) in [6, 6.07) is 6.13. The van der Waals surface area contributed by atoms with Crippen LogP contribution in [0.1, 0.15) is 29.9 Å². The molecule has 0 aliphatic carbocycles. The number of benzene rings is 1. The van der Waals surface area contributed by atoms with Crippen LogP contribution in [0.15, 0.2) is 41.9 Å². The molecule has 1 aromatic carbocycles. The van der Waals surface area contributed by atoms with Crippen molar-refractivity contribution in [3.63, 3.8) is 0 Å². The molecule has 0 aliphatic heterocycles. The second kappa shape index (κ2) is 6.66. The lowest BCUT2D eigenvalue weighted by atomic mass is 10.2. The molecule has 0 spiro atoms. The highest BCUT2D eigenvalue weighted by atomic mass is 32.2. The van der Waals surface area contributed by atoms with Crippen LogP contribution in [0.4, 0.5) is 5.69 Å². The van der Waals surface area contributed by atoms with E-state index in [1.165, 1.54) is 18.3 Å². The number of nitrogens with zero attached hydrogens (tertiary/aromatic N) is 1. The lowest BCUT2D eigenvalue weighted by molar-refractivity contribution is 0.0939. The number of carbonyl (C=O) groups is 1. The Morgan fingerprint density at radius 1 is 1.30 bits per heavy atom. The summed E-state index contributed by atoms with van der Waals surface area (Å²) in [5.74, 6) is -0.433. The molecule has 0 bridgehead atoms. The first kappa shape index (κ1) is 16.8. The Kier molecular flexibility index (Phi) is 4.85. The van der Waals surface area contributed by atoms with Gasteiger partial charge >= 0.3 is 0 Å². The van der Waals surface area contributed by atoms with Crippen molar-refractivity contribution in [2.24, 2.45) is 0 Å². The summed E-state index contributed by atoms with van der Waals surface area (Å²) >= 11 is 0. The Bertz CT molecular complexity index is 808. The summed E-state index contributed by atoms with van der Waals surface area (Å²) in [7, 11) is -3.82. The molecule has 0 radical (unpaired) electrons. The molecule has 8 heteroatoms. The van der Waals surface area contributed by atoms with E-state index >= 15 is 0 Å². The normalized spacial score (nSPS) is 11.3. The highest BCUT2D eigenvalue weighted by molar-refractivity contribution is 7.92. The quantitative estimate of drug-likeness (QED) is 0.751. The maximum Gasteiger partial charge on any atom is 0.271 e. The predicted octanol–water partition coefficient (Wildman–Crippen LogP) is 1.99. The first-order chi connectivity index (χ1) is 10.8. The molecule has 2 aromatic rings. The van der Waals surface area contributed by atoms with Gasteiger partial charge in [0.15, 0.2) is 0 Å². The van der Waals surface area contributed by atoms with Gasteiger partial charge in [-0.3, -0.25) is 14.6 Å². The summed E-state index contributed by atoms with van der Waals surface area (Å²) < 4.78 is 27.1. The second-order valence-electron chi connectivity index (χ2n) is 5.17. The molecule has 1 heterocycles. The lowest BCUT2D eigenvalue weighted by Gasteiger charge is -2.10. The van der Waals surface area contributed by atoms with Crippen LogP contribution in [0, 0.1) is 0 Å². The Hall–Kier alpha value is -2.61. The van der Waals surface area contributed by atoms with E-state index in [0.29, 0.717) is 0 Å². The average molecular weight is 334 g/mol. The minimum absolute atomic E-state index is 0.0602. The standard InChI is InChI=1S/C15H18N4O3S/c1-4-11-5-7-12(8-6-11)23(21,22)19-13-9-16-18-14(13)15(20)17-10(2)3/h4-10,19H,1H2,2-3H3,(H,16,18)(H,17,20). The van der Waals surface area contributed by atoms with Gasteiger partial charge < -0.3 is 5.32 Å². The number of hydrogen-bond donors (Lipinski definition) is 3. The summed E-state index contributed by atoms with van der Waals surface area (Å²) in [5.41, 5.74) is 0.963. The van der Waals surface area contributed by atoms with Gasteiger partial charge in [-0.25, -0.2) is 8.42 Å². The number of aromatic amines is 1. The molecule has 0 unspecified atom stereocenters. The highest BCUT2D eigenvalue weighted by Gasteiger charge is 2.20. The zero-order chi connectivity index (χ0) is 17.0. The van der Waals surface area contributed by atoms with Crippen molar-refractivity contribution in [1.82, 2.24) is 15.5 Å². The van der Waals surface area contributed by atoms with Gasteiger partial charge in [-0.05, 0) is 31.5 Å². The van der Waals surface area contributed by atoms with Crippen molar-refractivity contribution in [2.45, 2.75) is 24.8 Å². The molecular formula is C15H18N4O3S. The first-order valence-electron chi connectivity index (χ1n) is 6.93. The molecule has 23 heavy (non-hydrogen) atoms. The Morgan fingerprint density at radius 2 is 1.96 bits per heavy atom. The van der Waals surface area contributed by atoms with Crippen molar-refractivity contribution < 1.29 is 13.2 Å². The number of rotatable bonds is 6. The van der Waals surface area contributed by atoms with E-state index < -0.39 is 15.9 Å². The number of sulfonamides is 1. The Morgan fingerprint density at radius 3 is 2.52 bits per heavy atom. The fourth-order valence-electron chi connectivity index (χ4n) is 1.86. The third-order valence-corrected chi connectivity index (χ3v) is 4.34. The zero-order valence-corrected chi connectivity index (χ0v) is 13.6. The number of nitrogens with one attached hydrogen (secondary N) is 3. The van der Waals surface area contributed by atoms with E-state index in [2.05, 4.69) is 26.8 Å². The molecule has 1 aromatic heterocycles. The van der Waals surface area contributed by atoms with Crippen molar-refractivity contribution in [1.29, 1.82) is 0 Å². The monoisotopic (exact) mass is 334 g/mol. The summed E-state index contributed by atoms with van der Waals surface area (Å²) in [4.78, 5) is 12.1. The van der Waals surface area contributed by atoms with E-state index in [4.69, 9.17) is 0 Å². The fraction of sp³-hybridized carbons (Fsp3) is 0.200. The molecule has 7 nitrogen and oxygen atoms in total. The predicted molar refractivity (Wildman–Crippen MR) is 88.5 cm³/mol. The maximum absolute atomic E-state index is 12.4. The van der Waals surface area contributed by atoms with Crippen LogP contribution in [-0.4, -0.2) is 30.6 Å². The van der Waals surface area contributed by atoms with Gasteiger partial charge in [0.2, 0.25) is 0 Å². The number of amides is 1. The Balaban J connectivity index is 2.25. The van der Waals surface area contributed by atoms with Gasteiger partial charge in [0.1, 0.15) is 5.69 Å². The number of carbonyl (C=O) groups excluding carboxylic acids is 1. The van der Waals surface area contributed by atoms with Crippen molar-refractivity contribution >= 4 is 27.7 Å². The summed E-state index contributed by atoms with van der Waals surface area (Å²) in [6.45, 7) is 7.23. The molecule has 0 fully saturated rings.